The van der Waals surface area contributed by atoms with Gasteiger partial charge in [0.05, 0.1) is 37.3 Å². The van der Waals surface area contributed by atoms with Gasteiger partial charge in [0.15, 0.2) is 0 Å². The van der Waals surface area contributed by atoms with Crippen molar-refractivity contribution in [2.24, 2.45) is 0 Å². The molecule has 0 radical (unpaired) electrons. The topological polar surface area (TPSA) is 136 Å². The van der Waals surface area contributed by atoms with E-state index in [2.05, 4.69) is 34.1 Å². The number of fused-ring (bicyclic) bond motifs is 1. The highest BCUT2D eigenvalue weighted by atomic mass is 16.5. The van der Waals surface area contributed by atoms with Crippen LogP contribution in [0, 0.1) is 20.8 Å². The number of hydrogen-bond acceptors (Lipinski definition) is 8. The van der Waals surface area contributed by atoms with Crippen LogP contribution < -0.4 is 31.0 Å². The van der Waals surface area contributed by atoms with Crippen LogP contribution in [0.3, 0.4) is 0 Å². The minimum Gasteiger partial charge on any atom is -0.496 e. The fraction of sp³-hybridized carbons (Fsp3) is 0.184. The largest absolute Gasteiger partial charge is 0.496 e. The maximum Gasteiger partial charge on any atom is 0.277 e. The molecule has 2 amide bonds. The molecule has 0 unspecified atom stereocenters. The van der Waals surface area contributed by atoms with Crippen LogP contribution in [-0.4, -0.2) is 40.6 Å². The number of amides is 2. The molecule has 5 rings (SSSR count). The van der Waals surface area contributed by atoms with Crippen LogP contribution in [0.25, 0.3) is 22.3 Å². The third-order valence-electron chi connectivity index (χ3n) is 8.26. The molecule has 5 aromatic rings. The molecule has 0 saturated heterocycles. The first kappa shape index (κ1) is 34.1. The zero-order valence-corrected chi connectivity index (χ0v) is 28.1. The van der Waals surface area contributed by atoms with Gasteiger partial charge in [-0.3, -0.25) is 14.4 Å². The van der Waals surface area contributed by atoms with Gasteiger partial charge in [-0.2, -0.15) is 0 Å². The van der Waals surface area contributed by atoms with Crippen LogP contribution >= 0.6 is 0 Å². The molecule has 0 atom stereocenters. The molecule has 0 aliphatic rings. The number of aromatic nitrogens is 3. The van der Waals surface area contributed by atoms with E-state index in [1.807, 2.05) is 57.2 Å². The highest BCUT2D eigenvalue weighted by molar-refractivity contribution is 6.02. The van der Waals surface area contributed by atoms with Crippen LogP contribution in [0.4, 0.5) is 22.9 Å². The summed E-state index contributed by atoms with van der Waals surface area (Å²) in [4.78, 5) is 47.9. The van der Waals surface area contributed by atoms with Gasteiger partial charge in [0.1, 0.15) is 28.5 Å². The Morgan fingerprint density at radius 2 is 1.55 bits per heavy atom. The summed E-state index contributed by atoms with van der Waals surface area (Å²) >= 11 is 0. The Hall–Kier alpha value is -6.23. The van der Waals surface area contributed by atoms with Crippen molar-refractivity contribution in [3.63, 3.8) is 0 Å². The molecule has 11 heteroatoms. The summed E-state index contributed by atoms with van der Waals surface area (Å²) in [6, 6.07) is 16.5. The number of carbonyl (C=O) groups excluding carboxylic acids is 2. The second-order valence-electron chi connectivity index (χ2n) is 11.3. The van der Waals surface area contributed by atoms with Gasteiger partial charge in [0, 0.05) is 41.1 Å². The summed E-state index contributed by atoms with van der Waals surface area (Å²) in [5.74, 6) is 0.958. The maximum absolute atomic E-state index is 14.5. The first-order valence-corrected chi connectivity index (χ1v) is 15.5. The Morgan fingerprint density at radius 1 is 0.898 bits per heavy atom. The first-order chi connectivity index (χ1) is 23.6. The minimum absolute atomic E-state index is 0.248. The summed E-state index contributed by atoms with van der Waals surface area (Å²) in [7, 11) is 3.14. The molecular weight excluding hydrogens is 620 g/mol. The van der Waals surface area contributed by atoms with E-state index in [0.717, 1.165) is 22.3 Å². The van der Waals surface area contributed by atoms with Crippen molar-refractivity contribution < 1.29 is 19.1 Å². The molecule has 0 fully saturated rings. The summed E-state index contributed by atoms with van der Waals surface area (Å²) in [6.45, 7) is 13.0. The van der Waals surface area contributed by atoms with Gasteiger partial charge in [-0.15, -0.1) is 0 Å². The molecule has 0 saturated carbocycles. The van der Waals surface area contributed by atoms with Crippen molar-refractivity contribution in [1.29, 1.82) is 0 Å². The third-order valence-corrected chi connectivity index (χ3v) is 8.26. The van der Waals surface area contributed by atoms with E-state index in [-0.39, 0.29) is 23.1 Å². The molecule has 3 N–H and O–H groups in total. The molecule has 0 aliphatic carbocycles. The molecule has 2 aromatic heterocycles. The van der Waals surface area contributed by atoms with Gasteiger partial charge in [0.2, 0.25) is 11.8 Å². The van der Waals surface area contributed by atoms with Crippen LogP contribution in [0.1, 0.15) is 22.3 Å². The molecule has 49 heavy (non-hydrogen) atoms. The van der Waals surface area contributed by atoms with E-state index in [9.17, 15) is 14.4 Å². The lowest BCUT2D eigenvalue weighted by atomic mass is 9.97. The Balaban J connectivity index is 1.64. The number of ether oxygens (including phenoxy) is 2. The fourth-order valence-electron chi connectivity index (χ4n) is 5.68. The SMILES string of the molecule is C=CC(=O)Nc1ccc(CCn2c(=O)c(-c3c(C)c(OC)cc(OC)c3C)nc3cnc(Nc4c(C)cccc4NC(=O)C=C)cc32)cc1. The number of rotatable bonds is 12. The van der Waals surface area contributed by atoms with Gasteiger partial charge in [0.25, 0.3) is 5.56 Å². The number of anilines is 4. The number of aryl methyl sites for hydroxylation is 3. The normalized spacial score (nSPS) is 10.7. The highest BCUT2D eigenvalue weighted by Gasteiger charge is 2.22. The lowest BCUT2D eigenvalue weighted by Gasteiger charge is -2.19. The minimum atomic E-state index is -0.346. The van der Waals surface area contributed by atoms with E-state index in [4.69, 9.17) is 14.5 Å². The highest BCUT2D eigenvalue weighted by Crippen LogP contribution is 2.38. The summed E-state index contributed by atoms with van der Waals surface area (Å²) in [5.41, 5.74) is 6.86. The number of methoxy groups -OCH3 is 2. The maximum atomic E-state index is 14.5. The van der Waals surface area contributed by atoms with Crippen molar-refractivity contribution in [1.82, 2.24) is 14.5 Å². The number of pyridine rings is 1. The molecule has 3 aromatic carbocycles. The predicted octanol–water partition coefficient (Wildman–Crippen LogP) is 6.64. The van der Waals surface area contributed by atoms with Crippen LogP contribution in [-0.2, 0) is 22.6 Å². The number of carbonyl (C=O) groups is 2. The molecule has 0 aliphatic heterocycles. The number of hydrogen-bond donors (Lipinski definition) is 3. The van der Waals surface area contributed by atoms with Crippen molar-refractivity contribution in [3.05, 3.63) is 119 Å². The first-order valence-electron chi connectivity index (χ1n) is 15.5. The Morgan fingerprint density at radius 3 is 2.18 bits per heavy atom. The average Bonchev–Trinajstić information content (AvgIpc) is 3.10. The second kappa shape index (κ2) is 14.7. The van der Waals surface area contributed by atoms with E-state index in [0.29, 0.717) is 63.9 Å². The van der Waals surface area contributed by atoms with Gasteiger partial charge in [-0.25, -0.2) is 9.97 Å². The van der Waals surface area contributed by atoms with E-state index < -0.39 is 0 Å². The number of nitrogens with one attached hydrogen (secondary N) is 3. The zero-order valence-electron chi connectivity index (χ0n) is 28.1. The Labute approximate surface area is 284 Å². The molecule has 0 bridgehead atoms. The number of para-hydroxylation sites is 1. The van der Waals surface area contributed by atoms with Gasteiger partial charge >= 0.3 is 0 Å². The van der Waals surface area contributed by atoms with Crippen molar-refractivity contribution in [3.8, 4) is 22.8 Å². The molecule has 11 nitrogen and oxygen atoms in total. The lowest BCUT2D eigenvalue weighted by Crippen LogP contribution is -2.25. The summed E-state index contributed by atoms with van der Waals surface area (Å²) in [6.07, 6.45) is 4.54. The molecule has 250 valence electrons. The second-order valence-corrected chi connectivity index (χ2v) is 11.3. The van der Waals surface area contributed by atoms with Crippen molar-refractivity contribution in [2.45, 2.75) is 33.7 Å². The van der Waals surface area contributed by atoms with Crippen molar-refractivity contribution >= 4 is 45.7 Å². The van der Waals surface area contributed by atoms with Crippen LogP contribution in [0.2, 0.25) is 0 Å². The predicted molar refractivity (Wildman–Crippen MR) is 194 cm³/mol. The number of benzene rings is 3. The third kappa shape index (κ3) is 7.20. The average molecular weight is 659 g/mol. The molecular formula is C38H38N6O5. The molecule has 2 heterocycles. The zero-order chi connectivity index (χ0) is 35.2. The standard InChI is InChI=1S/C38H38N6O5/c1-8-33(45)40-26-15-13-25(14-16-26)17-18-44-29-19-32(43-36-22(3)11-10-12-27(36)41-34(46)9-2)39-21-28(29)42-37(38(44)47)35-23(4)30(48-6)20-31(49-7)24(35)5/h8-16,19-21H,1-2,17-18H2,3-7H3,(H,39,43)(H,40,45)(H,41,46). The van der Waals surface area contributed by atoms with Crippen LogP contribution in [0.15, 0.2) is 90.9 Å². The van der Waals surface area contributed by atoms with Gasteiger partial charge in [-0.1, -0.05) is 37.4 Å². The van der Waals surface area contributed by atoms with Crippen LogP contribution in [0.5, 0.6) is 11.5 Å². The monoisotopic (exact) mass is 658 g/mol. The lowest BCUT2D eigenvalue weighted by molar-refractivity contribution is -0.112. The quantitative estimate of drug-likeness (QED) is 0.127. The fourth-order valence-corrected chi connectivity index (χ4v) is 5.68. The van der Waals surface area contributed by atoms with Gasteiger partial charge < -0.3 is 30.0 Å². The Bertz CT molecular complexity index is 2130. The smallest absolute Gasteiger partial charge is 0.277 e. The Kier molecular flexibility index (Phi) is 10.2. The van der Waals surface area contributed by atoms with E-state index in [1.165, 1.54) is 12.2 Å². The summed E-state index contributed by atoms with van der Waals surface area (Å²) in [5, 5.41) is 8.90. The van der Waals surface area contributed by atoms with E-state index in [1.54, 1.807) is 43.2 Å². The summed E-state index contributed by atoms with van der Waals surface area (Å²) < 4.78 is 13.0. The van der Waals surface area contributed by atoms with Crippen molar-refractivity contribution in [2.75, 3.05) is 30.2 Å². The van der Waals surface area contributed by atoms with E-state index >= 15 is 0 Å². The molecule has 0 spiro atoms. The number of nitrogens with zero attached hydrogens (tertiary/aromatic N) is 3. The van der Waals surface area contributed by atoms with Gasteiger partial charge in [-0.05, 0) is 68.7 Å².